The predicted molar refractivity (Wildman–Crippen MR) is 131 cm³/mol. The fourth-order valence-corrected chi connectivity index (χ4v) is 4.05. The highest BCUT2D eigenvalue weighted by Crippen LogP contribution is 2.32. The molecule has 150 valence electrons. The number of allylic oxidation sites excluding steroid dienone is 3. The molecule has 0 saturated carbocycles. The largest absolute Gasteiger partial charge is 0.339 e. The molecule has 0 aliphatic heterocycles. The Labute approximate surface area is 181 Å². The second-order valence-corrected chi connectivity index (χ2v) is 7.55. The van der Waals surface area contributed by atoms with Crippen molar-refractivity contribution in [2.24, 2.45) is 0 Å². The van der Waals surface area contributed by atoms with Gasteiger partial charge in [-0.15, -0.1) is 0 Å². The number of nitrogens with zero attached hydrogens (tertiary/aromatic N) is 2. The van der Waals surface area contributed by atoms with E-state index < -0.39 is 0 Å². The van der Waals surface area contributed by atoms with Gasteiger partial charge in [-0.3, -0.25) is 4.98 Å². The van der Waals surface area contributed by atoms with Crippen LogP contribution >= 0.6 is 0 Å². The molecule has 0 fully saturated rings. The number of nitrogens with one attached hydrogen (secondary N) is 1. The van der Waals surface area contributed by atoms with Gasteiger partial charge in [0.25, 0.3) is 0 Å². The van der Waals surface area contributed by atoms with Crippen molar-refractivity contribution in [1.29, 1.82) is 0 Å². The Morgan fingerprint density at radius 1 is 0.903 bits per heavy atom. The second-order valence-electron chi connectivity index (χ2n) is 7.55. The van der Waals surface area contributed by atoms with Gasteiger partial charge in [0, 0.05) is 33.6 Å². The van der Waals surface area contributed by atoms with Crippen molar-refractivity contribution in [2.75, 3.05) is 0 Å². The summed E-state index contributed by atoms with van der Waals surface area (Å²) in [7, 11) is 0. The van der Waals surface area contributed by atoms with Gasteiger partial charge in [-0.25, -0.2) is 4.98 Å². The lowest BCUT2D eigenvalue weighted by Crippen LogP contribution is -1.91. The third kappa shape index (κ3) is 3.55. The van der Waals surface area contributed by atoms with Gasteiger partial charge >= 0.3 is 0 Å². The van der Waals surface area contributed by atoms with Crippen LogP contribution in [0.1, 0.15) is 18.9 Å². The lowest BCUT2D eigenvalue weighted by atomic mass is 9.96. The van der Waals surface area contributed by atoms with Crippen LogP contribution in [0.15, 0.2) is 97.7 Å². The van der Waals surface area contributed by atoms with Gasteiger partial charge in [-0.1, -0.05) is 49.9 Å². The molecule has 0 aliphatic rings. The number of hydrogen-bond donors (Lipinski definition) is 1. The van der Waals surface area contributed by atoms with Crippen molar-refractivity contribution in [2.45, 2.75) is 13.3 Å². The minimum atomic E-state index is 0.900. The van der Waals surface area contributed by atoms with E-state index >= 15 is 0 Å². The van der Waals surface area contributed by atoms with Crippen molar-refractivity contribution >= 4 is 27.5 Å². The first-order chi connectivity index (χ1) is 15.3. The quantitative estimate of drug-likeness (QED) is 0.311. The van der Waals surface area contributed by atoms with Crippen molar-refractivity contribution in [1.82, 2.24) is 15.0 Å². The van der Waals surface area contributed by atoms with Gasteiger partial charge in [0.05, 0.1) is 11.4 Å². The maximum Gasteiger partial charge on any atom is 0.139 e. The van der Waals surface area contributed by atoms with E-state index in [-0.39, 0.29) is 0 Å². The predicted octanol–water partition coefficient (Wildman–Crippen LogP) is 7.42. The van der Waals surface area contributed by atoms with E-state index in [1.54, 1.807) is 0 Å². The Morgan fingerprint density at radius 3 is 2.48 bits per heavy atom. The molecule has 2 aromatic carbocycles. The van der Waals surface area contributed by atoms with Gasteiger partial charge in [-0.05, 0) is 66.1 Å². The topological polar surface area (TPSA) is 41.6 Å². The molecule has 5 rings (SSSR count). The summed E-state index contributed by atoms with van der Waals surface area (Å²) in [5, 5.41) is 2.33. The first kappa shape index (κ1) is 19.0. The molecule has 0 spiro atoms. The van der Waals surface area contributed by atoms with Gasteiger partial charge in [0.15, 0.2) is 0 Å². The molecular formula is C28H23N3. The zero-order chi connectivity index (χ0) is 21.2. The van der Waals surface area contributed by atoms with Crippen molar-refractivity contribution in [3.05, 3.63) is 103 Å². The monoisotopic (exact) mass is 401 g/mol. The van der Waals surface area contributed by atoms with Crippen LogP contribution in [0.2, 0.25) is 0 Å². The molecule has 0 bridgehead atoms. The third-order valence-corrected chi connectivity index (χ3v) is 5.53. The van der Waals surface area contributed by atoms with Crippen LogP contribution in [-0.2, 0) is 0 Å². The molecule has 3 aromatic heterocycles. The Kier molecular flexibility index (Phi) is 4.93. The van der Waals surface area contributed by atoms with E-state index in [2.05, 4.69) is 78.1 Å². The molecule has 0 radical (unpaired) electrons. The number of benzene rings is 2. The third-order valence-electron chi connectivity index (χ3n) is 5.53. The summed E-state index contributed by atoms with van der Waals surface area (Å²) >= 11 is 0. The number of aromatic amines is 1. The first-order valence-electron chi connectivity index (χ1n) is 10.5. The van der Waals surface area contributed by atoms with Crippen molar-refractivity contribution < 1.29 is 0 Å². The van der Waals surface area contributed by atoms with Crippen LogP contribution in [0.4, 0.5) is 0 Å². The molecule has 0 atom stereocenters. The molecule has 1 N–H and O–H groups in total. The van der Waals surface area contributed by atoms with Crippen LogP contribution in [0.5, 0.6) is 0 Å². The maximum absolute atomic E-state index is 4.97. The zero-order valence-corrected chi connectivity index (χ0v) is 17.5. The summed E-state index contributed by atoms with van der Waals surface area (Å²) in [5.41, 5.74) is 8.23. The summed E-state index contributed by atoms with van der Waals surface area (Å²) in [6, 6.07) is 25.1. The number of para-hydroxylation sites is 1. The normalized spacial score (nSPS) is 11.8. The standard InChI is InChI=1S/C28H23N3/c1-3-9-19(4-2)20-16-21(25-11-7-8-15-29-25)18-22(17-20)26-14-13-24-23-10-5-6-12-27(23)31-28(24)30-26/h4-18H,2-3H2,1H3,(H,30,31)/b19-9+. The average molecular weight is 402 g/mol. The molecule has 0 amide bonds. The Bertz CT molecular complexity index is 1430. The van der Waals surface area contributed by atoms with Gasteiger partial charge in [-0.2, -0.15) is 0 Å². The van der Waals surface area contributed by atoms with Gasteiger partial charge < -0.3 is 4.98 Å². The molecule has 3 nitrogen and oxygen atoms in total. The summed E-state index contributed by atoms with van der Waals surface area (Å²) in [6.45, 7) is 6.16. The molecule has 0 aliphatic carbocycles. The highest BCUT2D eigenvalue weighted by Gasteiger charge is 2.11. The highest BCUT2D eigenvalue weighted by atomic mass is 14.9. The molecular weight excluding hydrogens is 378 g/mol. The summed E-state index contributed by atoms with van der Waals surface area (Å²) < 4.78 is 0. The number of H-pyrrole nitrogens is 1. The fourth-order valence-electron chi connectivity index (χ4n) is 4.05. The molecule has 3 heterocycles. The van der Waals surface area contributed by atoms with Crippen molar-refractivity contribution in [3.63, 3.8) is 0 Å². The summed E-state index contributed by atoms with van der Waals surface area (Å²) in [6.07, 6.45) is 6.89. The average Bonchev–Trinajstić information content (AvgIpc) is 3.20. The Balaban J connectivity index is 1.71. The van der Waals surface area contributed by atoms with Crippen molar-refractivity contribution in [3.8, 4) is 22.5 Å². The smallest absolute Gasteiger partial charge is 0.139 e. The van der Waals surface area contributed by atoms with Gasteiger partial charge in [0.1, 0.15) is 5.65 Å². The number of rotatable bonds is 5. The highest BCUT2D eigenvalue weighted by molar-refractivity contribution is 6.06. The number of hydrogen-bond acceptors (Lipinski definition) is 2. The number of aromatic nitrogens is 3. The van der Waals surface area contributed by atoms with E-state index in [1.165, 1.54) is 5.39 Å². The van der Waals surface area contributed by atoms with E-state index in [1.807, 2.05) is 36.5 Å². The van der Waals surface area contributed by atoms with E-state index in [0.717, 1.165) is 56.6 Å². The SMILES string of the molecule is C=C/C(=C\CC)c1cc(-c2ccccn2)cc(-c2ccc3c(n2)[nH]c2ccccc23)c1. The van der Waals surface area contributed by atoms with Crippen LogP contribution < -0.4 is 0 Å². The summed E-state index contributed by atoms with van der Waals surface area (Å²) in [4.78, 5) is 13.0. The zero-order valence-electron chi connectivity index (χ0n) is 17.5. The number of fused-ring (bicyclic) bond motifs is 3. The minimum absolute atomic E-state index is 0.900. The second kappa shape index (κ2) is 8.04. The number of pyridine rings is 2. The van der Waals surface area contributed by atoms with Crippen LogP contribution in [0.25, 0.3) is 50.0 Å². The maximum atomic E-state index is 4.97. The van der Waals surface area contributed by atoms with E-state index in [4.69, 9.17) is 4.98 Å². The van der Waals surface area contributed by atoms with Crippen LogP contribution in [0, 0.1) is 0 Å². The molecule has 3 heteroatoms. The van der Waals surface area contributed by atoms with Crippen LogP contribution in [0.3, 0.4) is 0 Å². The fraction of sp³-hybridized carbons (Fsp3) is 0.0714. The molecule has 5 aromatic rings. The Morgan fingerprint density at radius 2 is 1.71 bits per heavy atom. The summed E-state index contributed by atoms with van der Waals surface area (Å²) in [5.74, 6) is 0. The first-order valence-corrected chi connectivity index (χ1v) is 10.5. The van der Waals surface area contributed by atoms with Gasteiger partial charge in [0.2, 0.25) is 0 Å². The lowest BCUT2D eigenvalue weighted by Gasteiger charge is -2.11. The minimum Gasteiger partial charge on any atom is -0.339 e. The van der Waals surface area contributed by atoms with Crippen LogP contribution in [-0.4, -0.2) is 15.0 Å². The molecule has 0 unspecified atom stereocenters. The van der Waals surface area contributed by atoms with E-state index in [9.17, 15) is 0 Å². The molecule has 31 heavy (non-hydrogen) atoms. The van der Waals surface area contributed by atoms with E-state index in [0.29, 0.717) is 0 Å². The molecule has 0 saturated heterocycles. The Hall–Kier alpha value is -3.98. The lowest BCUT2D eigenvalue weighted by molar-refractivity contribution is 1.23.